The number of anilines is 1. The number of pyridine rings is 3. The molecule has 0 aliphatic heterocycles. The van der Waals surface area contributed by atoms with Gasteiger partial charge in [0.2, 0.25) is 0 Å². The predicted octanol–water partition coefficient (Wildman–Crippen LogP) is 5.54. The van der Waals surface area contributed by atoms with Crippen molar-refractivity contribution in [1.82, 2.24) is 35.1 Å². The highest BCUT2D eigenvalue weighted by Gasteiger charge is 2.18. The number of halogens is 1. The molecule has 1 unspecified atom stereocenters. The molecule has 4 N–H and O–H groups in total. The second-order valence-corrected chi connectivity index (χ2v) is 9.56. The number of H-pyrrole nitrogens is 2. The van der Waals surface area contributed by atoms with E-state index in [1.165, 1.54) is 6.07 Å². The van der Waals surface area contributed by atoms with Gasteiger partial charge in [-0.1, -0.05) is 32.0 Å². The van der Waals surface area contributed by atoms with E-state index < -0.39 is 6.23 Å². The lowest BCUT2D eigenvalue weighted by molar-refractivity contribution is 0.176. The molecule has 0 saturated carbocycles. The quantitative estimate of drug-likeness (QED) is 0.208. The number of hydrogen-bond acceptors (Lipinski definition) is 7. The lowest BCUT2D eigenvalue weighted by Crippen LogP contribution is -2.20. The Balaban J connectivity index is 1.38. The predicted molar refractivity (Wildman–Crippen MR) is 144 cm³/mol. The van der Waals surface area contributed by atoms with Crippen molar-refractivity contribution in [1.29, 1.82) is 0 Å². The number of hydrogen-bond donors (Lipinski definition) is 4. The van der Waals surface area contributed by atoms with Crippen LogP contribution in [0.2, 0.25) is 0 Å². The van der Waals surface area contributed by atoms with Crippen LogP contribution >= 0.6 is 0 Å². The highest BCUT2D eigenvalue weighted by atomic mass is 19.1. The number of benzene rings is 1. The Hall–Kier alpha value is -4.70. The summed E-state index contributed by atoms with van der Waals surface area (Å²) in [5.74, 6) is 0.533. The van der Waals surface area contributed by atoms with Crippen LogP contribution in [-0.4, -0.2) is 46.5 Å². The Bertz CT molecular complexity index is 1760. The van der Waals surface area contributed by atoms with E-state index in [-0.39, 0.29) is 5.82 Å². The van der Waals surface area contributed by atoms with Gasteiger partial charge in [0.1, 0.15) is 23.3 Å². The van der Waals surface area contributed by atoms with Crippen LogP contribution in [-0.2, 0) is 0 Å². The summed E-state index contributed by atoms with van der Waals surface area (Å²) in [6.45, 7) is 4.11. The van der Waals surface area contributed by atoms with Crippen molar-refractivity contribution in [2.45, 2.75) is 26.5 Å². The minimum Gasteiger partial charge on any atom is -0.374 e. The Morgan fingerprint density at radius 3 is 2.74 bits per heavy atom. The largest absolute Gasteiger partial charge is 0.374 e. The second-order valence-electron chi connectivity index (χ2n) is 9.56. The zero-order chi connectivity index (χ0) is 26.2. The number of nitrogens with one attached hydrogen (secondary N) is 3. The van der Waals surface area contributed by atoms with Gasteiger partial charge in [0.15, 0.2) is 11.5 Å². The molecule has 0 aliphatic rings. The summed E-state index contributed by atoms with van der Waals surface area (Å²) < 4.78 is 14.5. The van der Waals surface area contributed by atoms with Gasteiger partial charge in [0, 0.05) is 34.5 Å². The molecule has 0 saturated heterocycles. The van der Waals surface area contributed by atoms with E-state index in [0.29, 0.717) is 57.5 Å². The third-order valence-corrected chi connectivity index (χ3v) is 6.28. The van der Waals surface area contributed by atoms with E-state index in [4.69, 9.17) is 4.98 Å². The van der Waals surface area contributed by atoms with Crippen LogP contribution in [0.3, 0.4) is 0 Å². The molecule has 0 fully saturated rings. The number of nitrogens with zero attached hydrogens (tertiary/aromatic N) is 5. The number of fused-ring (bicyclic) bond motifs is 2. The average Bonchev–Trinajstić information content (AvgIpc) is 3.52. The molecular weight excluding hydrogens is 483 g/mol. The maximum Gasteiger partial charge on any atom is 0.160 e. The number of aliphatic hydroxyl groups excluding tert-OH is 1. The SMILES string of the molecule is CC(C)CC(O)Nc1cncc(-c2cc3c(-c4nc5c(-c6ccccc6F)ccnc5[nH]4)n[nH]c3cn2)c1. The molecule has 9 nitrogen and oxygen atoms in total. The average molecular weight is 509 g/mol. The Labute approximate surface area is 217 Å². The van der Waals surface area contributed by atoms with Gasteiger partial charge in [0.25, 0.3) is 0 Å². The van der Waals surface area contributed by atoms with Gasteiger partial charge in [-0.2, -0.15) is 5.10 Å². The molecule has 10 heteroatoms. The number of aromatic amines is 2. The van der Waals surface area contributed by atoms with Crippen molar-refractivity contribution in [2.75, 3.05) is 5.32 Å². The molecular formula is C28H25FN8O. The maximum absolute atomic E-state index is 14.5. The minimum absolute atomic E-state index is 0.326. The van der Waals surface area contributed by atoms with E-state index in [0.717, 1.165) is 16.5 Å². The number of aliphatic hydroxyl groups is 1. The first-order valence-electron chi connectivity index (χ1n) is 12.3. The summed E-state index contributed by atoms with van der Waals surface area (Å²) in [4.78, 5) is 21.3. The summed E-state index contributed by atoms with van der Waals surface area (Å²) in [7, 11) is 0. The molecule has 190 valence electrons. The molecule has 5 heterocycles. The fourth-order valence-corrected chi connectivity index (χ4v) is 4.53. The van der Waals surface area contributed by atoms with Crippen molar-refractivity contribution in [2.24, 2.45) is 5.92 Å². The summed E-state index contributed by atoms with van der Waals surface area (Å²) in [5.41, 5.74) is 5.70. The van der Waals surface area contributed by atoms with Gasteiger partial charge in [-0.25, -0.2) is 14.4 Å². The third-order valence-electron chi connectivity index (χ3n) is 6.28. The Kier molecular flexibility index (Phi) is 6.01. The van der Waals surface area contributed by atoms with Crippen molar-refractivity contribution in [3.8, 4) is 33.9 Å². The Morgan fingerprint density at radius 1 is 1.03 bits per heavy atom. The van der Waals surface area contributed by atoms with E-state index in [2.05, 4.69) is 49.3 Å². The van der Waals surface area contributed by atoms with E-state index in [1.807, 2.05) is 12.1 Å². The summed E-state index contributed by atoms with van der Waals surface area (Å²) >= 11 is 0. The molecule has 6 rings (SSSR count). The lowest BCUT2D eigenvalue weighted by atomic mass is 10.1. The molecule has 1 aromatic carbocycles. The zero-order valence-corrected chi connectivity index (χ0v) is 20.8. The van der Waals surface area contributed by atoms with Crippen LogP contribution in [0.25, 0.3) is 56.0 Å². The minimum atomic E-state index is -0.668. The fraction of sp³-hybridized carbons (Fsp3) is 0.179. The highest BCUT2D eigenvalue weighted by Crippen LogP contribution is 2.33. The monoisotopic (exact) mass is 508 g/mol. The first kappa shape index (κ1) is 23.7. The normalized spacial score (nSPS) is 12.4. The molecule has 6 aromatic rings. The van der Waals surface area contributed by atoms with Crippen LogP contribution in [0, 0.1) is 11.7 Å². The number of rotatable bonds is 7. The van der Waals surface area contributed by atoms with Crippen LogP contribution in [0.15, 0.2) is 67.3 Å². The van der Waals surface area contributed by atoms with Gasteiger partial charge in [-0.15, -0.1) is 0 Å². The Morgan fingerprint density at radius 2 is 1.89 bits per heavy atom. The molecule has 0 spiro atoms. The first-order chi connectivity index (χ1) is 18.5. The molecule has 5 aromatic heterocycles. The van der Waals surface area contributed by atoms with Crippen LogP contribution in [0.5, 0.6) is 0 Å². The molecule has 0 aliphatic carbocycles. The van der Waals surface area contributed by atoms with Gasteiger partial charge in [-0.05, 0) is 36.6 Å². The standard InChI is InChI=1S/C28H25FN8O/c1-15(2)9-24(38)33-17-10-16(12-30-13-17)22-11-20-23(14-32-22)36-37-26(20)28-34-25-19(7-8-31-27(25)35-28)18-5-3-4-6-21(18)29/h3-8,10-15,24,33,38H,9H2,1-2H3,(H,36,37)(H,31,34,35). The molecule has 1 atom stereocenters. The van der Waals surface area contributed by atoms with Crippen molar-refractivity contribution in [3.63, 3.8) is 0 Å². The number of imidazole rings is 1. The third kappa shape index (κ3) is 4.46. The van der Waals surface area contributed by atoms with Crippen molar-refractivity contribution >= 4 is 27.8 Å². The molecule has 0 radical (unpaired) electrons. The van der Waals surface area contributed by atoms with Crippen LogP contribution in [0.1, 0.15) is 20.3 Å². The summed E-state index contributed by atoms with van der Waals surface area (Å²) in [6, 6.07) is 12.2. The highest BCUT2D eigenvalue weighted by molar-refractivity contribution is 5.96. The van der Waals surface area contributed by atoms with E-state index in [9.17, 15) is 9.50 Å². The van der Waals surface area contributed by atoms with Crippen molar-refractivity contribution in [3.05, 3.63) is 73.1 Å². The second kappa shape index (κ2) is 9.64. The van der Waals surface area contributed by atoms with Gasteiger partial charge < -0.3 is 15.4 Å². The van der Waals surface area contributed by atoms with E-state index >= 15 is 0 Å². The molecule has 0 amide bonds. The summed E-state index contributed by atoms with van der Waals surface area (Å²) in [6.07, 6.45) is 6.68. The topological polar surface area (TPSA) is 128 Å². The zero-order valence-electron chi connectivity index (χ0n) is 20.8. The molecule has 0 bridgehead atoms. The van der Waals surface area contributed by atoms with Gasteiger partial charge in [-0.3, -0.25) is 15.1 Å². The number of aromatic nitrogens is 7. The smallest absolute Gasteiger partial charge is 0.160 e. The lowest BCUT2D eigenvalue weighted by Gasteiger charge is -2.16. The van der Waals surface area contributed by atoms with E-state index in [1.54, 1.807) is 49.1 Å². The van der Waals surface area contributed by atoms with Crippen molar-refractivity contribution < 1.29 is 9.50 Å². The van der Waals surface area contributed by atoms with Gasteiger partial charge >= 0.3 is 0 Å². The first-order valence-corrected chi connectivity index (χ1v) is 12.3. The van der Waals surface area contributed by atoms with Gasteiger partial charge in [0.05, 0.1) is 29.3 Å². The fourth-order valence-electron chi connectivity index (χ4n) is 4.53. The summed E-state index contributed by atoms with van der Waals surface area (Å²) in [5, 5.41) is 21.7. The van der Waals surface area contributed by atoms with Crippen LogP contribution < -0.4 is 5.32 Å². The maximum atomic E-state index is 14.5. The van der Waals surface area contributed by atoms with Crippen LogP contribution in [0.4, 0.5) is 10.1 Å². The molecule has 38 heavy (non-hydrogen) atoms.